The van der Waals surface area contributed by atoms with Gasteiger partial charge in [0, 0.05) is 25.3 Å². The molecule has 1 aromatic rings. The van der Waals surface area contributed by atoms with Crippen molar-refractivity contribution < 1.29 is 4.74 Å². The van der Waals surface area contributed by atoms with Gasteiger partial charge in [-0.2, -0.15) is 0 Å². The first-order valence-electron chi connectivity index (χ1n) is 7.72. The van der Waals surface area contributed by atoms with Crippen LogP contribution in [0.3, 0.4) is 0 Å². The number of morpholine rings is 1. The highest BCUT2D eigenvalue weighted by Crippen LogP contribution is 2.26. The van der Waals surface area contributed by atoms with Crippen LogP contribution >= 0.6 is 0 Å². The first kappa shape index (κ1) is 15.3. The molecule has 0 radical (unpaired) electrons. The summed E-state index contributed by atoms with van der Waals surface area (Å²) in [5, 5.41) is 3.44. The molecule has 1 unspecified atom stereocenters. The van der Waals surface area contributed by atoms with Gasteiger partial charge in [-0.05, 0) is 51.4 Å². The number of ether oxygens (including phenoxy) is 1. The van der Waals surface area contributed by atoms with Crippen molar-refractivity contribution in [3.05, 3.63) is 29.8 Å². The molecule has 1 fully saturated rings. The molecule has 2 rings (SSSR count). The second-order valence-electron chi connectivity index (χ2n) is 6.41. The van der Waals surface area contributed by atoms with Crippen molar-refractivity contribution in [2.75, 3.05) is 24.5 Å². The fourth-order valence-electron chi connectivity index (χ4n) is 2.88. The maximum Gasteiger partial charge on any atom is 0.0805 e. The summed E-state index contributed by atoms with van der Waals surface area (Å²) in [4.78, 5) is 2.43. The van der Waals surface area contributed by atoms with E-state index < -0.39 is 0 Å². The summed E-state index contributed by atoms with van der Waals surface area (Å²) in [7, 11) is 0. The minimum Gasteiger partial charge on any atom is -0.369 e. The maximum atomic E-state index is 5.96. The van der Waals surface area contributed by atoms with Gasteiger partial charge < -0.3 is 15.0 Å². The standard InChI is InChI=1S/C17H28N2O/c1-5-10-18-11-15-6-8-16(9-7-15)19-12-14(2)20-17(3,4)13-19/h6-9,14,18H,5,10-13H2,1-4H3. The van der Waals surface area contributed by atoms with E-state index in [0.717, 1.165) is 26.2 Å². The van der Waals surface area contributed by atoms with Gasteiger partial charge in [0.2, 0.25) is 0 Å². The van der Waals surface area contributed by atoms with Crippen LogP contribution in [0.4, 0.5) is 5.69 Å². The fraction of sp³-hybridized carbons (Fsp3) is 0.647. The number of hydrogen-bond donors (Lipinski definition) is 1. The van der Waals surface area contributed by atoms with Crippen LogP contribution < -0.4 is 10.2 Å². The summed E-state index contributed by atoms with van der Waals surface area (Å²) in [5.74, 6) is 0. The van der Waals surface area contributed by atoms with E-state index >= 15 is 0 Å². The number of nitrogens with zero attached hydrogens (tertiary/aromatic N) is 1. The molecule has 1 heterocycles. The van der Waals surface area contributed by atoms with Crippen molar-refractivity contribution in [3.63, 3.8) is 0 Å². The van der Waals surface area contributed by atoms with E-state index in [1.54, 1.807) is 0 Å². The van der Waals surface area contributed by atoms with Gasteiger partial charge in [-0.3, -0.25) is 0 Å². The number of anilines is 1. The molecule has 3 nitrogen and oxygen atoms in total. The predicted octanol–water partition coefficient (Wildman–Crippen LogP) is 3.19. The van der Waals surface area contributed by atoms with Crippen LogP contribution in [0.2, 0.25) is 0 Å². The van der Waals surface area contributed by atoms with E-state index in [1.165, 1.54) is 17.7 Å². The monoisotopic (exact) mass is 276 g/mol. The predicted molar refractivity (Wildman–Crippen MR) is 85.3 cm³/mol. The number of benzene rings is 1. The average molecular weight is 276 g/mol. The lowest BCUT2D eigenvalue weighted by Gasteiger charge is -2.43. The molecule has 1 N–H and O–H groups in total. The van der Waals surface area contributed by atoms with Gasteiger partial charge in [0.25, 0.3) is 0 Å². The zero-order chi connectivity index (χ0) is 14.6. The van der Waals surface area contributed by atoms with Gasteiger partial charge in [0.1, 0.15) is 0 Å². The zero-order valence-corrected chi connectivity index (χ0v) is 13.3. The Morgan fingerprint density at radius 2 is 2.00 bits per heavy atom. The van der Waals surface area contributed by atoms with E-state index in [9.17, 15) is 0 Å². The normalized spacial score (nSPS) is 22.0. The lowest BCUT2D eigenvalue weighted by Crippen LogP contribution is -2.52. The molecule has 0 spiro atoms. The van der Waals surface area contributed by atoms with E-state index in [-0.39, 0.29) is 11.7 Å². The Morgan fingerprint density at radius 3 is 2.60 bits per heavy atom. The molecule has 0 aliphatic carbocycles. The smallest absolute Gasteiger partial charge is 0.0805 e. The highest BCUT2D eigenvalue weighted by atomic mass is 16.5. The largest absolute Gasteiger partial charge is 0.369 e. The maximum absolute atomic E-state index is 5.96. The van der Waals surface area contributed by atoms with Crippen LogP contribution in [0, 0.1) is 0 Å². The highest BCUT2D eigenvalue weighted by molar-refractivity contribution is 5.48. The lowest BCUT2D eigenvalue weighted by molar-refractivity contribution is -0.0749. The zero-order valence-electron chi connectivity index (χ0n) is 13.3. The fourth-order valence-corrected chi connectivity index (χ4v) is 2.88. The Morgan fingerprint density at radius 1 is 1.30 bits per heavy atom. The molecule has 0 bridgehead atoms. The second-order valence-corrected chi connectivity index (χ2v) is 6.41. The van der Waals surface area contributed by atoms with E-state index in [2.05, 4.69) is 62.2 Å². The molecule has 0 saturated carbocycles. The van der Waals surface area contributed by atoms with Crippen molar-refractivity contribution in [1.82, 2.24) is 5.32 Å². The Bertz CT molecular complexity index is 414. The van der Waals surface area contributed by atoms with Crippen LogP contribution in [-0.2, 0) is 11.3 Å². The molecule has 3 heteroatoms. The van der Waals surface area contributed by atoms with E-state index in [4.69, 9.17) is 4.74 Å². The molecule has 0 aromatic heterocycles. The van der Waals surface area contributed by atoms with Crippen molar-refractivity contribution in [2.24, 2.45) is 0 Å². The van der Waals surface area contributed by atoms with Gasteiger partial charge in [0.15, 0.2) is 0 Å². The van der Waals surface area contributed by atoms with Crippen LogP contribution in [0.5, 0.6) is 0 Å². The van der Waals surface area contributed by atoms with Crippen LogP contribution in [0.1, 0.15) is 39.7 Å². The number of rotatable bonds is 5. The molecule has 1 saturated heterocycles. The van der Waals surface area contributed by atoms with Gasteiger partial charge >= 0.3 is 0 Å². The lowest BCUT2D eigenvalue weighted by atomic mass is 10.0. The molecule has 112 valence electrons. The van der Waals surface area contributed by atoms with Gasteiger partial charge in [-0.15, -0.1) is 0 Å². The van der Waals surface area contributed by atoms with Crippen LogP contribution in [0.25, 0.3) is 0 Å². The molecule has 1 aromatic carbocycles. The van der Waals surface area contributed by atoms with Crippen molar-refractivity contribution in [1.29, 1.82) is 0 Å². The Labute approximate surface area is 123 Å². The minimum absolute atomic E-state index is 0.0704. The summed E-state index contributed by atoms with van der Waals surface area (Å²) in [6.07, 6.45) is 1.46. The first-order valence-corrected chi connectivity index (χ1v) is 7.72. The summed E-state index contributed by atoms with van der Waals surface area (Å²) in [6.45, 7) is 12.6. The van der Waals surface area contributed by atoms with Gasteiger partial charge in [0.05, 0.1) is 11.7 Å². The quantitative estimate of drug-likeness (QED) is 0.836. The molecule has 1 aliphatic rings. The molecule has 0 amide bonds. The first-order chi connectivity index (χ1) is 9.50. The number of nitrogens with one attached hydrogen (secondary N) is 1. The third kappa shape index (κ3) is 4.22. The third-order valence-corrected chi connectivity index (χ3v) is 3.63. The summed E-state index contributed by atoms with van der Waals surface area (Å²) in [5.41, 5.74) is 2.58. The molecule has 1 atom stereocenters. The Balaban J connectivity index is 1.98. The minimum atomic E-state index is -0.0704. The third-order valence-electron chi connectivity index (χ3n) is 3.63. The highest BCUT2D eigenvalue weighted by Gasteiger charge is 2.31. The summed E-state index contributed by atoms with van der Waals surface area (Å²) >= 11 is 0. The van der Waals surface area contributed by atoms with Crippen LogP contribution in [0.15, 0.2) is 24.3 Å². The van der Waals surface area contributed by atoms with Crippen molar-refractivity contribution >= 4 is 5.69 Å². The van der Waals surface area contributed by atoms with Crippen LogP contribution in [-0.4, -0.2) is 31.3 Å². The van der Waals surface area contributed by atoms with Crippen molar-refractivity contribution in [3.8, 4) is 0 Å². The topological polar surface area (TPSA) is 24.5 Å². The van der Waals surface area contributed by atoms with E-state index in [1.807, 2.05) is 0 Å². The van der Waals surface area contributed by atoms with E-state index in [0.29, 0.717) is 0 Å². The Hall–Kier alpha value is -1.06. The number of hydrogen-bond acceptors (Lipinski definition) is 3. The van der Waals surface area contributed by atoms with Gasteiger partial charge in [-0.25, -0.2) is 0 Å². The molecular formula is C17H28N2O. The summed E-state index contributed by atoms with van der Waals surface area (Å²) < 4.78 is 5.96. The molecular weight excluding hydrogens is 248 g/mol. The SMILES string of the molecule is CCCNCc1ccc(N2CC(C)OC(C)(C)C2)cc1. The average Bonchev–Trinajstić information content (AvgIpc) is 2.37. The molecule has 20 heavy (non-hydrogen) atoms. The Kier molecular flexibility index (Phi) is 5.06. The van der Waals surface area contributed by atoms with Gasteiger partial charge in [-0.1, -0.05) is 19.1 Å². The summed E-state index contributed by atoms with van der Waals surface area (Å²) in [6, 6.07) is 8.92. The van der Waals surface area contributed by atoms with Crippen molar-refractivity contribution in [2.45, 2.75) is 52.4 Å². The molecule has 1 aliphatic heterocycles. The second kappa shape index (κ2) is 6.59.